The molecule has 4 N–H and O–H groups in total. The molecule has 0 saturated carbocycles. The van der Waals surface area contributed by atoms with Gasteiger partial charge in [0.25, 0.3) is 0 Å². The molecule has 0 aliphatic rings. The summed E-state index contributed by atoms with van der Waals surface area (Å²) in [5.41, 5.74) is 8.08. The summed E-state index contributed by atoms with van der Waals surface area (Å²) in [4.78, 5) is 16.2. The van der Waals surface area contributed by atoms with Crippen molar-refractivity contribution in [1.82, 2.24) is 4.98 Å². The zero-order valence-electron chi connectivity index (χ0n) is 16.2. The fraction of sp³-hybridized carbons (Fsp3) is 0.0909. The van der Waals surface area contributed by atoms with E-state index in [1.165, 1.54) is 24.3 Å². The largest absolute Gasteiger partial charge is 0.573 e. The Labute approximate surface area is 176 Å². The third-order valence-electron chi connectivity index (χ3n) is 4.04. The lowest BCUT2D eigenvalue weighted by Crippen LogP contribution is -2.17. The molecule has 1 aromatic heterocycles. The van der Waals surface area contributed by atoms with E-state index in [-0.39, 0.29) is 18.2 Å². The van der Waals surface area contributed by atoms with Crippen molar-refractivity contribution in [2.45, 2.75) is 12.9 Å². The number of amides is 1. The maximum atomic E-state index is 12.3. The standard InChI is InChI=1S/C22H19F3N4O2/c23-22(24,25)31-17-5-3-4-16(12-17)14-28-20-10-8-15(13-27-20)9-11-21(30)29-19-7-2-1-6-18(19)26/h1-13H,14,26H2,(H,27,28)(H,29,30)/b11-9+. The molecule has 3 rings (SSSR count). The van der Waals surface area contributed by atoms with Crippen molar-refractivity contribution < 1.29 is 22.7 Å². The number of halogens is 3. The molecule has 0 atom stereocenters. The van der Waals surface area contributed by atoms with Crippen LogP contribution in [0, 0.1) is 0 Å². The molecule has 0 saturated heterocycles. The third-order valence-corrected chi connectivity index (χ3v) is 4.04. The van der Waals surface area contributed by atoms with Crippen molar-refractivity contribution in [1.29, 1.82) is 0 Å². The van der Waals surface area contributed by atoms with Crippen LogP contribution in [0.3, 0.4) is 0 Å². The second kappa shape index (κ2) is 9.66. The quantitative estimate of drug-likeness (QED) is 0.371. The van der Waals surface area contributed by atoms with E-state index in [0.29, 0.717) is 28.3 Å². The summed E-state index contributed by atoms with van der Waals surface area (Å²) in [6.07, 6.45) is -0.209. The van der Waals surface area contributed by atoms with E-state index in [9.17, 15) is 18.0 Å². The summed E-state index contributed by atoms with van der Waals surface area (Å²) in [7, 11) is 0. The number of rotatable bonds is 7. The summed E-state index contributed by atoms with van der Waals surface area (Å²) < 4.78 is 40.9. The number of nitrogens with one attached hydrogen (secondary N) is 2. The van der Waals surface area contributed by atoms with Crippen molar-refractivity contribution in [2.24, 2.45) is 0 Å². The van der Waals surface area contributed by atoms with Crippen LogP contribution >= 0.6 is 0 Å². The van der Waals surface area contributed by atoms with Crippen molar-refractivity contribution in [2.75, 3.05) is 16.4 Å². The molecule has 160 valence electrons. The van der Waals surface area contributed by atoms with E-state index >= 15 is 0 Å². The molecule has 1 amide bonds. The van der Waals surface area contributed by atoms with Crippen molar-refractivity contribution >= 4 is 29.2 Å². The number of benzene rings is 2. The van der Waals surface area contributed by atoms with Gasteiger partial charge < -0.3 is 21.1 Å². The van der Waals surface area contributed by atoms with Crippen LogP contribution in [0.4, 0.5) is 30.4 Å². The van der Waals surface area contributed by atoms with E-state index in [1.807, 2.05) is 0 Å². The summed E-state index contributed by atoms with van der Waals surface area (Å²) >= 11 is 0. The lowest BCUT2D eigenvalue weighted by atomic mass is 10.2. The van der Waals surface area contributed by atoms with E-state index in [0.717, 1.165) is 0 Å². The monoisotopic (exact) mass is 428 g/mol. The number of para-hydroxylation sites is 2. The minimum absolute atomic E-state index is 0.262. The Hall–Kier alpha value is -4.01. The molecule has 9 heteroatoms. The molecule has 0 unspecified atom stereocenters. The molecular weight excluding hydrogens is 409 g/mol. The fourth-order valence-corrected chi connectivity index (χ4v) is 2.61. The second-order valence-electron chi connectivity index (χ2n) is 6.44. The maximum Gasteiger partial charge on any atom is 0.573 e. The minimum Gasteiger partial charge on any atom is -0.406 e. The van der Waals surface area contributed by atoms with E-state index in [4.69, 9.17) is 5.73 Å². The van der Waals surface area contributed by atoms with Gasteiger partial charge in [0.2, 0.25) is 5.91 Å². The van der Waals surface area contributed by atoms with Gasteiger partial charge >= 0.3 is 6.36 Å². The molecule has 31 heavy (non-hydrogen) atoms. The first kappa shape index (κ1) is 21.7. The predicted molar refractivity (Wildman–Crippen MR) is 113 cm³/mol. The molecule has 0 spiro atoms. The normalized spacial score (nSPS) is 11.3. The van der Waals surface area contributed by atoms with Crippen LogP contribution in [-0.2, 0) is 11.3 Å². The van der Waals surface area contributed by atoms with Gasteiger partial charge in [-0.1, -0.05) is 24.3 Å². The molecule has 6 nitrogen and oxygen atoms in total. The van der Waals surface area contributed by atoms with Crippen LogP contribution in [0.5, 0.6) is 5.75 Å². The maximum absolute atomic E-state index is 12.3. The fourth-order valence-electron chi connectivity index (χ4n) is 2.61. The summed E-state index contributed by atoms with van der Waals surface area (Å²) in [5, 5.41) is 5.70. The Bertz CT molecular complexity index is 1070. The minimum atomic E-state index is -4.73. The Balaban J connectivity index is 1.53. The molecule has 0 fully saturated rings. The Morgan fingerprint density at radius 3 is 2.61 bits per heavy atom. The van der Waals surface area contributed by atoms with Gasteiger partial charge in [-0.05, 0) is 53.6 Å². The SMILES string of the molecule is Nc1ccccc1NC(=O)/C=C/c1ccc(NCc2cccc(OC(F)(F)F)c2)nc1. The predicted octanol–water partition coefficient (Wildman–Crippen LogP) is 4.83. The van der Waals surface area contributed by atoms with Gasteiger partial charge in [0, 0.05) is 18.8 Å². The third kappa shape index (κ3) is 7.07. The molecule has 1 heterocycles. The van der Waals surface area contributed by atoms with Gasteiger partial charge in [-0.15, -0.1) is 13.2 Å². The van der Waals surface area contributed by atoms with Crippen LogP contribution < -0.4 is 21.1 Å². The number of carbonyl (C=O) groups excluding carboxylic acids is 1. The molecule has 0 bridgehead atoms. The molecule has 0 aliphatic carbocycles. The van der Waals surface area contributed by atoms with Crippen LogP contribution in [0.1, 0.15) is 11.1 Å². The average molecular weight is 428 g/mol. The number of hydrogen-bond donors (Lipinski definition) is 3. The van der Waals surface area contributed by atoms with E-state index in [2.05, 4.69) is 20.4 Å². The second-order valence-corrected chi connectivity index (χ2v) is 6.44. The van der Waals surface area contributed by atoms with Gasteiger partial charge in [-0.3, -0.25) is 4.79 Å². The van der Waals surface area contributed by atoms with Crippen molar-refractivity contribution in [3.63, 3.8) is 0 Å². The highest BCUT2D eigenvalue weighted by Gasteiger charge is 2.31. The smallest absolute Gasteiger partial charge is 0.406 e. The first-order valence-electron chi connectivity index (χ1n) is 9.17. The summed E-state index contributed by atoms with van der Waals surface area (Å²) in [6, 6.07) is 16.1. The first-order chi connectivity index (χ1) is 14.8. The van der Waals surface area contributed by atoms with Crippen LogP contribution in [0.15, 0.2) is 72.9 Å². The molecular formula is C22H19F3N4O2. The highest BCUT2D eigenvalue weighted by Crippen LogP contribution is 2.23. The van der Waals surface area contributed by atoms with Gasteiger partial charge in [-0.2, -0.15) is 0 Å². The Morgan fingerprint density at radius 2 is 1.90 bits per heavy atom. The van der Waals surface area contributed by atoms with Gasteiger partial charge in [0.05, 0.1) is 11.4 Å². The number of anilines is 3. The highest BCUT2D eigenvalue weighted by molar-refractivity contribution is 6.03. The van der Waals surface area contributed by atoms with Crippen molar-refractivity contribution in [3.8, 4) is 5.75 Å². The number of nitrogens with zero attached hydrogens (tertiary/aromatic N) is 1. The topological polar surface area (TPSA) is 89.3 Å². The Morgan fingerprint density at radius 1 is 1.10 bits per heavy atom. The average Bonchev–Trinajstić information content (AvgIpc) is 2.72. The van der Waals surface area contributed by atoms with Crippen LogP contribution in [0.2, 0.25) is 0 Å². The zero-order chi connectivity index (χ0) is 22.3. The number of hydrogen-bond acceptors (Lipinski definition) is 5. The van der Waals surface area contributed by atoms with Crippen LogP contribution in [0.25, 0.3) is 6.08 Å². The van der Waals surface area contributed by atoms with E-state index in [1.54, 1.807) is 54.7 Å². The lowest BCUT2D eigenvalue weighted by Gasteiger charge is -2.11. The van der Waals surface area contributed by atoms with Gasteiger partial charge in [0.15, 0.2) is 0 Å². The van der Waals surface area contributed by atoms with Gasteiger partial charge in [-0.25, -0.2) is 4.98 Å². The Kier molecular flexibility index (Phi) is 6.76. The number of aromatic nitrogens is 1. The summed E-state index contributed by atoms with van der Waals surface area (Å²) in [6.45, 7) is 0.262. The number of nitrogen functional groups attached to an aromatic ring is 1. The number of pyridine rings is 1. The molecule has 0 aliphatic heterocycles. The van der Waals surface area contributed by atoms with Crippen LogP contribution in [-0.4, -0.2) is 17.3 Å². The number of ether oxygens (including phenoxy) is 1. The molecule has 0 radical (unpaired) electrons. The molecule has 3 aromatic rings. The first-order valence-corrected chi connectivity index (χ1v) is 9.17. The lowest BCUT2D eigenvalue weighted by molar-refractivity contribution is -0.274. The summed E-state index contributed by atoms with van der Waals surface area (Å²) in [5.74, 6) is -0.0855. The highest BCUT2D eigenvalue weighted by atomic mass is 19.4. The van der Waals surface area contributed by atoms with Crippen molar-refractivity contribution in [3.05, 3.63) is 84.1 Å². The molecule has 2 aromatic carbocycles. The van der Waals surface area contributed by atoms with Gasteiger partial charge in [0.1, 0.15) is 11.6 Å². The van der Waals surface area contributed by atoms with E-state index < -0.39 is 6.36 Å². The number of alkyl halides is 3. The number of carbonyl (C=O) groups is 1. The zero-order valence-corrected chi connectivity index (χ0v) is 16.2. The number of nitrogens with two attached hydrogens (primary N) is 1.